The van der Waals surface area contributed by atoms with Gasteiger partial charge in [0.15, 0.2) is 0 Å². The minimum atomic E-state index is -0.487. The molecule has 0 saturated heterocycles. The number of carbonyl (C=O) groups excluding carboxylic acids is 1. The van der Waals surface area contributed by atoms with E-state index in [2.05, 4.69) is 20.8 Å². The molecule has 0 unspecified atom stereocenters. The molecule has 104 valence electrons. The van der Waals surface area contributed by atoms with E-state index in [1.807, 2.05) is 6.07 Å². The van der Waals surface area contributed by atoms with Crippen molar-refractivity contribution in [1.29, 1.82) is 0 Å². The smallest absolute Gasteiger partial charge is 0.337 e. The molecule has 0 aromatic carbocycles. The van der Waals surface area contributed by atoms with Crippen molar-refractivity contribution < 1.29 is 19.1 Å². The molecule has 2 atom stereocenters. The number of carbonyl (C=O) groups is 1. The first-order valence-corrected chi connectivity index (χ1v) is 6.43. The van der Waals surface area contributed by atoms with Gasteiger partial charge in [-0.2, -0.15) is 0 Å². The molecule has 4 heteroatoms. The van der Waals surface area contributed by atoms with Crippen molar-refractivity contribution in [2.45, 2.75) is 33.1 Å². The first-order chi connectivity index (χ1) is 8.89. The van der Waals surface area contributed by atoms with Crippen molar-refractivity contribution in [2.75, 3.05) is 7.11 Å². The van der Waals surface area contributed by atoms with E-state index in [1.54, 1.807) is 12.3 Å². The van der Waals surface area contributed by atoms with Crippen molar-refractivity contribution in [2.24, 2.45) is 11.3 Å². The van der Waals surface area contributed by atoms with Crippen LogP contribution in [-0.4, -0.2) is 18.2 Å². The van der Waals surface area contributed by atoms with Gasteiger partial charge in [0.05, 0.1) is 24.9 Å². The Kier molecular flexibility index (Phi) is 3.43. The largest absolute Gasteiger partial charge is 0.512 e. The third-order valence-corrected chi connectivity index (χ3v) is 4.35. The number of ether oxygens (including phenoxy) is 1. The molecular weight excluding hydrogens is 244 g/mol. The Morgan fingerprint density at radius 3 is 2.74 bits per heavy atom. The molecule has 0 fully saturated rings. The first-order valence-electron chi connectivity index (χ1n) is 6.43. The summed E-state index contributed by atoms with van der Waals surface area (Å²) >= 11 is 0. The number of aliphatic hydroxyl groups excluding tert-OH is 1. The number of methoxy groups -OCH3 is 1. The normalized spacial score (nSPS) is 26.3. The zero-order valence-electron chi connectivity index (χ0n) is 11.8. The lowest BCUT2D eigenvalue weighted by molar-refractivity contribution is -0.137. The second-order valence-electron chi connectivity index (χ2n) is 5.73. The Labute approximate surface area is 113 Å². The van der Waals surface area contributed by atoms with E-state index in [0.717, 1.165) is 0 Å². The predicted octanol–water partition coefficient (Wildman–Crippen LogP) is 3.41. The molecule has 0 radical (unpaired) electrons. The van der Waals surface area contributed by atoms with Crippen LogP contribution in [0.3, 0.4) is 0 Å². The highest BCUT2D eigenvalue weighted by Crippen LogP contribution is 2.52. The van der Waals surface area contributed by atoms with Gasteiger partial charge in [0, 0.05) is 6.42 Å². The summed E-state index contributed by atoms with van der Waals surface area (Å²) in [7, 11) is 1.33. The maximum Gasteiger partial charge on any atom is 0.337 e. The van der Waals surface area contributed by atoms with Crippen molar-refractivity contribution in [1.82, 2.24) is 0 Å². The molecule has 1 aliphatic carbocycles. The number of furan rings is 1. The van der Waals surface area contributed by atoms with Gasteiger partial charge in [-0.05, 0) is 23.5 Å². The molecule has 0 aliphatic heterocycles. The minimum Gasteiger partial charge on any atom is -0.512 e. The first kappa shape index (κ1) is 13.7. The molecule has 1 aromatic heterocycles. The average molecular weight is 264 g/mol. The van der Waals surface area contributed by atoms with E-state index in [9.17, 15) is 9.90 Å². The van der Waals surface area contributed by atoms with Gasteiger partial charge in [0.25, 0.3) is 0 Å². The molecule has 0 saturated carbocycles. The van der Waals surface area contributed by atoms with E-state index in [1.165, 1.54) is 7.11 Å². The third kappa shape index (κ3) is 2.15. The number of allylic oxidation sites excluding steroid dienone is 1. The topological polar surface area (TPSA) is 59.7 Å². The third-order valence-electron chi connectivity index (χ3n) is 4.35. The van der Waals surface area contributed by atoms with E-state index in [-0.39, 0.29) is 23.0 Å². The molecular formula is C15H20O4. The lowest BCUT2D eigenvalue weighted by atomic mass is 9.61. The average Bonchev–Trinajstić information content (AvgIpc) is 2.86. The highest BCUT2D eigenvalue weighted by molar-refractivity contribution is 5.91. The Morgan fingerprint density at radius 1 is 1.53 bits per heavy atom. The van der Waals surface area contributed by atoms with Crippen molar-refractivity contribution in [3.8, 4) is 0 Å². The van der Waals surface area contributed by atoms with Crippen LogP contribution in [0.2, 0.25) is 0 Å². The van der Waals surface area contributed by atoms with Gasteiger partial charge in [0.2, 0.25) is 0 Å². The summed E-state index contributed by atoms with van der Waals surface area (Å²) in [6.07, 6.45) is 2.06. The highest BCUT2D eigenvalue weighted by atomic mass is 16.5. The summed E-state index contributed by atoms with van der Waals surface area (Å²) in [4.78, 5) is 12.0. The van der Waals surface area contributed by atoms with Crippen LogP contribution in [0.4, 0.5) is 0 Å². The molecule has 1 aliphatic rings. The maximum atomic E-state index is 12.0. The van der Waals surface area contributed by atoms with Crippen LogP contribution >= 0.6 is 0 Å². The van der Waals surface area contributed by atoms with Crippen LogP contribution in [0, 0.1) is 11.3 Å². The number of esters is 1. The van der Waals surface area contributed by atoms with Crippen LogP contribution < -0.4 is 0 Å². The van der Waals surface area contributed by atoms with Crippen LogP contribution in [0.5, 0.6) is 0 Å². The lowest BCUT2D eigenvalue weighted by Crippen LogP contribution is -2.37. The molecule has 19 heavy (non-hydrogen) atoms. The standard InChI is InChI=1S/C15H20O4/c1-9-8-10(16)12(14(17)18-4)13(15(9,2)3)11-6-5-7-19-11/h5-7,9,13,16H,8H2,1-4H3/t9-,13-/m1/s1. The number of hydrogen-bond acceptors (Lipinski definition) is 4. The Balaban J connectivity index is 2.59. The fourth-order valence-electron chi connectivity index (χ4n) is 2.80. The van der Waals surface area contributed by atoms with Crippen LogP contribution in [0.1, 0.15) is 38.9 Å². The van der Waals surface area contributed by atoms with E-state index in [0.29, 0.717) is 17.8 Å². The van der Waals surface area contributed by atoms with E-state index in [4.69, 9.17) is 9.15 Å². The van der Waals surface area contributed by atoms with E-state index < -0.39 is 5.97 Å². The SMILES string of the molecule is COC(=O)C1=C(O)C[C@@H](C)C(C)(C)[C@@H]1c1ccco1. The molecule has 0 bridgehead atoms. The molecule has 2 rings (SSSR count). The summed E-state index contributed by atoms with van der Waals surface area (Å²) in [6.45, 7) is 6.24. The number of hydrogen-bond donors (Lipinski definition) is 1. The van der Waals surface area contributed by atoms with Gasteiger partial charge in [0.1, 0.15) is 11.5 Å². The van der Waals surface area contributed by atoms with Crippen LogP contribution in [0.25, 0.3) is 0 Å². The second kappa shape index (κ2) is 4.76. The molecule has 4 nitrogen and oxygen atoms in total. The van der Waals surface area contributed by atoms with Crippen molar-refractivity contribution in [3.63, 3.8) is 0 Å². The zero-order valence-corrected chi connectivity index (χ0v) is 11.8. The van der Waals surface area contributed by atoms with Crippen molar-refractivity contribution in [3.05, 3.63) is 35.5 Å². The fraction of sp³-hybridized carbons (Fsp3) is 0.533. The minimum absolute atomic E-state index is 0.111. The van der Waals surface area contributed by atoms with Gasteiger partial charge >= 0.3 is 5.97 Å². The van der Waals surface area contributed by atoms with Gasteiger partial charge < -0.3 is 14.3 Å². The van der Waals surface area contributed by atoms with Gasteiger partial charge in [-0.25, -0.2) is 4.79 Å². The summed E-state index contributed by atoms with van der Waals surface area (Å²) in [5, 5.41) is 10.2. The monoisotopic (exact) mass is 264 g/mol. The predicted molar refractivity (Wildman–Crippen MR) is 70.7 cm³/mol. The Bertz CT molecular complexity index is 496. The lowest BCUT2D eigenvalue weighted by Gasteiger charge is -2.42. The highest BCUT2D eigenvalue weighted by Gasteiger charge is 2.47. The summed E-state index contributed by atoms with van der Waals surface area (Å²) in [6, 6.07) is 3.62. The summed E-state index contributed by atoms with van der Waals surface area (Å²) in [5.74, 6) is 0.247. The quantitative estimate of drug-likeness (QED) is 0.831. The van der Waals surface area contributed by atoms with Crippen LogP contribution in [0.15, 0.2) is 34.1 Å². The molecule has 1 N–H and O–H groups in total. The molecule has 0 spiro atoms. The molecule has 1 heterocycles. The molecule has 0 amide bonds. The number of rotatable bonds is 2. The van der Waals surface area contributed by atoms with E-state index >= 15 is 0 Å². The molecule has 1 aromatic rings. The summed E-state index contributed by atoms with van der Waals surface area (Å²) in [5.41, 5.74) is 0.119. The zero-order chi connectivity index (χ0) is 14.2. The van der Waals surface area contributed by atoms with Crippen molar-refractivity contribution >= 4 is 5.97 Å². The second-order valence-corrected chi connectivity index (χ2v) is 5.73. The Hall–Kier alpha value is -1.71. The summed E-state index contributed by atoms with van der Waals surface area (Å²) < 4.78 is 10.3. The maximum absolute atomic E-state index is 12.0. The van der Waals surface area contributed by atoms with Gasteiger partial charge in [-0.3, -0.25) is 0 Å². The van der Waals surface area contributed by atoms with Gasteiger partial charge in [-0.1, -0.05) is 20.8 Å². The number of aliphatic hydroxyl groups is 1. The fourth-order valence-corrected chi connectivity index (χ4v) is 2.80. The van der Waals surface area contributed by atoms with Crippen LogP contribution in [-0.2, 0) is 9.53 Å². The Morgan fingerprint density at radius 2 is 2.21 bits per heavy atom. The van der Waals surface area contributed by atoms with Gasteiger partial charge in [-0.15, -0.1) is 0 Å².